The lowest BCUT2D eigenvalue weighted by Gasteiger charge is -2.01. The fourth-order valence-corrected chi connectivity index (χ4v) is 3.31. The van der Waals surface area contributed by atoms with Crippen LogP contribution in [-0.4, -0.2) is 24.6 Å². The monoisotopic (exact) mass is 289 g/mol. The number of sulfone groups is 1. The quantitative estimate of drug-likeness (QED) is 0.727. The Morgan fingerprint density at radius 3 is 2.63 bits per heavy atom. The second-order valence-electron chi connectivity index (χ2n) is 4.11. The van der Waals surface area contributed by atoms with Gasteiger partial charge in [0.2, 0.25) is 0 Å². The second-order valence-corrected chi connectivity index (χ2v) is 7.00. The van der Waals surface area contributed by atoms with Crippen molar-refractivity contribution in [2.75, 3.05) is 6.26 Å². The standard InChI is InChI=1S/C13H9N2O2S2/c1-19(16,17)10-4-2-9(3-5-10)11-7-18-12-6-14-8-15-13(11)12/h2-5,7-8H,1H3. The Balaban J connectivity index is 2.12. The molecule has 0 aliphatic rings. The Hall–Kier alpha value is -1.79. The van der Waals surface area contributed by atoms with Gasteiger partial charge in [-0.1, -0.05) is 12.1 Å². The molecule has 3 rings (SSSR count). The molecule has 1 aromatic carbocycles. The Morgan fingerprint density at radius 2 is 1.95 bits per heavy atom. The molecule has 4 nitrogen and oxygen atoms in total. The Bertz CT molecular complexity index is 836. The highest BCUT2D eigenvalue weighted by atomic mass is 32.2. The molecule has 0 unspecified atom stereocenters. The Labute approximate surface area is 114 Å². The molecule has 3 aromatic rings. The summed E-state index contributed by atoms with van der Waals surface area (Å²) in [5, 5.41) is 1.98. The number of aromatic nitrogens is 2. The summed E-state index contributed by atoms with van der Waals surface area (Å²) in [6.07, 6.45) is 5.55. The maximum Gasteiger partial charge on any atom is 0.175 e. The van der Waals surface area contributed by atoms with Gasteiger partial charge in [0.25, 0.3) is 0 Å². The predicted molar refractivity (Wildman–Crippen MR) is 74.8 cm³/mol. The van der Waals surface area contributed by atoms with Crippen molar-refractivity contribution in [3.8, 4) is 11.1 Å². The number of thiophene rings is 1. The molecule has 0 N–H and O–H groups in total. The summed E-state index contributed by atoms with van der Waals surface area (Å²) in [6.45, 7) is 0. The van der Waals surface area contributed by atoms with Crippen LogP contribution in [0.3, 0.4) is 0 Å². The van der Waals surface area contributed by atoms with Gasteiger partial charge in [0, 0.05) is 17.2 Å². The molecule has 6 heteroatoms. The number of nitrogens with zero attached hydrogens (tertiary/aromatic N) is 2. The molecule has 0 aliphatic carbocycles. The smallest absolute Gasteiger partial charge is 0.175 e. The largest absolute Gasteiger partial charge is 0.235 e. The summed E-state index contributed by atoms with van der Waals surface area (Å²) in [7, 11) is -3.16. The number of benzene rings is 1. The SMILES string of the molecule is CS(=O)(=O)c1ccc(-c2csc3[c]ncnc23)cc1. The summed E-state index contributed by atoms with van der Waals surface area (Å²) in [4.78, 5) is 8.42. The van der Waals surface area contributed by atoms with Crippen LogP contribution in [0.5, 0.6) is 0 Å². The lowest BCUT2D eigenvalue weighted by Crippen LogP contribution is -1.96. The lowest BCUT2D eigenvalue weighted by atomic mass is 10.1. The number of hydrogen-bond donors (Lipinski definition) is 0. The van der Waals surface area contributed by atoms with E-state index in [-0.39, 0.29) is 0 Å². The van der Waals surface area contributed by atoms with Crippen LogP contribution in [0.25, 0.3) is 21.3 Å². The van der Waals surface area contributed by atoms with Gasteiger partial charge >= 0.3 is 0 Å². The van der Waals surface area contributed by atoms with Crippen LogP contribution in [-0.2, 0) is 9.84 Å². The van der Waals surface area contributed by atoms with Gasteiger partial charge in [0.15, 0.2) is 9.84 Å². The summed E-state index contributed by atoms with van der Waals surface area (Å²) in [5.74, 6) is 0. The van der Waals surface area contributed by atoms with Crippen molar-refractivity contribution in [1.29, 1.82) is 0 Å². The third-order valence-corrected chi connectivity index (χ3v) is 4.77. The second kappa shape index (κ2) is 4.40. The van der Waals surface area contributed by atoms with E-state index in [1.165, 1.54) is 23.9 Å². The summed E-state index contributed by atoms with van der Waals surface area (Å²) in [5.41, 5.74) is 2.75. The minimum atomic E-state index is -3.16. The van der Waals surface area contributed by atoms with Gasteiger partial charge in [-0.15, -0.1) is 11.3 Å². The maximum absolute atomic E-state index is 11.4. The molecule has 0 saturated heterocycles. The van der Waals surface area contributed by atoms with Gasteiger partial charge in [-0.2, -0.15) is 0 Å². The molecule has 0 amide bonds. The van der Waals surface area contributed by atoms with Crippen LogP contribution in [0.4, 0.5) is 0 Å². The normalized spacial score (nSPS) is 11.8. The molecule has 0 atom stereocenters. The van der Waals surface area contributed by atoms with Gasteiger partial charge in [-0.05, 0) is 17.7 Å². The predicted octanol–water partition coefficient (Wildman–Crippen LogP) is 2.56. The van der Waals surface area contributed by atoms with E-state index in [1.807, 2.05) is 5.38 Å². The first-order valence-electron chi connectivity index (χ1n) is 5.46. The molecule has 19 heavy (non-hydrogen) atoms. The average molecular weight is 289 g/mol. The zero-order valence-corrected chi connectivity index (χ0v) is 11.6. The van der Waals surface area contributed by atoms with E-state index < -0.39 is 9.84 Å². The van der Waals surface area contributed by atoms with Gasteiger partial charge in [-0.3, -0.25) is 0 Å². The third-order valence-electron chi connectivity index (χ3n) is 2.77. The van der Waals surface area contributed by atoms with Crippen molar-refractivity contribution in [3.05, 3.63) is 42.2 Å². The van der Waals surface area contributed by atoms with E-state index in [2.05, 4.69) is 16.2 Å². The van der Waals surface area contributed by atoms with E-state index >= 15 is 0 Å². The highest BCUT2D eigenvalue weighted by molar-refractivity contribution is 7.90. The third kappa shape index (κ3) is 2.24. The van der Waals surface area contributed by atoms with E-state index in [0.717, 1.165) is 21.3 Å². The zero-order valence-electron chi connectivity index (χ0n) is 9.99. The van der Waals surface area contributed by atoms with E-state index in [4.69, 9.17) is 0 Å². The number of fused-ring (bicyclic) bond motifs is 1. The van der Waals surface area contributed by atoms with E-state index in [9.17, 15) is 8.42 Å². The van der Waals surface area contributed by atoms with Crippen LogP contribution < -0.4 is 0 Å². The van der Waals surface area contributed by atoms with Crippen LogP contribution in [0.1, 0.15) is 0 Å². The van der Waals surface area contributed by atoms with Crippen LogP contribution in [0, 0.1) is 6.20 Å². The summed E-state index contributed by atoms with van der Waals surface area (Å²) >= 11 is 1.52. The van der Waals surface area contributed by atoms with Crippen molar-refractivity contribution in [2.24, 2.45) is 0 Å². The Kier molecular flexibility index (Phi) is 2.83. The van der Waals surface area contributed by atoms with Crippen LogP contribution >= 0.6 is 11.3 Å². The van der Waals surface area contributed by atoms with Crippen molar-refractivity contribution in [3.63, 3.8) is 0 Å². The van der Waals surface area contributed by atoms with Gasteiger partial charge in [0.05, 0.1) is 15.1 Å². The minimum absolute atomic E-state index is 0.317. The van der Waals surface area contributed by atoms with Gasteiger partial charge in [0.1, 0.15) is 12.5 Å². The minimum Gasteiger partial charge on any atom is -0.235 e. The van der Waals surface area contributed by atoms with Crippen molar-refractivity contribution in [1.82, 2.24) is 9.97 Å². The molecule has 1 radical (unpaired) electrons. The first-order valence-corrected chi connectivity index (χ1v) is 8.23. The fourth-order valence-electron chi connectivity index (χ4n) is 1.82. The van der Waals surface area contributed by atoms with Crippen molar-refractivity contribution < 1.29 is 8.42 Å². The lowest BCUT2D eigenvalue weighted by molar-refractivity contribution is 0.602. The van der Waals surface area contributed by atoms with Crippen LogP contribution in [0.15, 0.2) is 40.9 Å². The summed E-state index contributed by atoms with van der Waals surface area (Å²) < 4.78 is 23.7. The molecule has 0 aliphatic heterocycles. The summed E-state index contributed by atoms with van der Waals surface area (Å²) in [6, 6.07) is 6.80. The molecule has 0 bridgehead atoms. The number of rotatable bonds is 2. The van der Waals surface area contributed by atoms with E-state index in [0.29, 0.717) is 4.90 Å². The molecule has 0 saturated carbocycles. The molecule has 0 fully saturated rings. The first-order chi connectivity index (χ1) is 9.05. The highest BCUT2D eigenvalue weighted by Gasteiger charge is 2.10. The molecule has 95 valence electrons. The zero-order chi connectivity index (χ0) is 13.5. The van der Waals surface area contributed by atoms with Gasteiger partial charge < -0.3 is 0 Å². The van der Waals surface area contributed by atoms with Crippen molar-refractivity contribution in [2.45, 2.75) is 4.90 Å². The molecule has 2 heterocycles. The number of hydrogen-bond acceptors (Lipinski definition) is 5. The maximum atomic E-state index is 11.4. The van der Waals surface area contributed by atoms with E-state index in [1.54, 1.807) is 24.3 Å². The topological polar surface area (TPSA) is 59.9 Å². The average Bonchev–Trinajstić information content (AvgIpc) is 2.82. The Morgan fingerprint density at radius 1 is 1.21 bits per heavy atom. The van der Waals surface area contributed by atoms with Gasteiger partial charge in [-0.25, -0.2) is 18.4 Å². The molecule has 2 aromatic heterocycles. The highest BCUT2D eigenvalue weighted by Crippen LogP contribution is 2.32. The van der Waals surface area contributed by atoms with Crippen LogP contribution in [0.2, 0.25) is 0 Å². The molecular weight excluding hydrogens is 280 g/mol. The molecular formula is C13H9N2O2S2. The first kappa shape index (κ1) is 12.3. The molecule has 0 spiro atoms. The van der Waals surface area contributed by atoms with Crippen molar-refractivity contribution >= 4 is 31.4 Å². The fraction of sp³-hybridized carbons (Fsp3) is 0.0769.